The SMILES string of the molecule is CC(C)(C)C(=O)CN1C(=O)[C@H](NC(=O)Nc2cccc(C(=O)N[C@H](CCC(=O)O)C(=O)N[C@H](CCC(=O)NC[C@@H](O)[C@H](O)[C@@H](O)[C@H](O)CO)C(=O)N[C@H](CCC(=O)O)C(=O)N[C@H](CCC(=O)NC[C@@H](O)[C@H](O)[C@@H](O)[C@H](O)CO)C(=O)NC[C@H](N)C(=O)N[C@@H](CC(=O)O)C(=O)N[C@@H](CS)C(=O)O)c2)CN(C2CCCCC2)c2ccccc21. The fourth-order valence-corrected chi connectivity index (χ4v) is 12.1. The zero-order chi connectivity index (χ0) is 87.0. The van der Waals surface area contributed by atoms with E-state index in [4.69, 9.17) is 10.8 Å². The fourth-order valence-electron chi connectivity index (χ4n) is 11.8. The molecule has 1 saturated carbocycles. The zero-order valence-corrected chi connectivity index (χ0v) is 64.6. The van der Waals surface area contributed by atoms with Gasteiger partial charge in [-0.05, 0) is 68.9 Å². The Bertz CT molecular complexity index is 3760. The van der Waals surface area contributed by atoms with E-state index >= 15 is 0 Å². The first-order valence-electron chi connectivity index (χ1n) is 36.9. The van der Waals surface area contributed by atoms with Crippen molar-refractivity contribution in [3.05, 3.63) is 54.1 Å². The average molecular weight is 1670 g/mol. The summed E-state index contributed by atoms with van der Waals surface area (Å²) in [5.74, 6) is -19.5. The zero-order valence-electron chi connectivity index (χ0n) is 63.7. The summed E-state index contributed by atoms with van der Waals surface area (Å²) in [5.41, 5.74) is 5.90. The second-order valence-electron chi connectivity index (χ2n) is 28.7. The van der Waals surface area contributed by atoms with Gasteiger partial charge in [0.2, 0.25) is 47.3 Å². The third-order valence-electron chi connectivity index (χ3n) is 18.7. The number of nitrogens with one attached hydrogen (secondary N) is 11. The summed E-state index contributed by atoms with van der Waals surface area (Å²) in [6.07, 6.45) is -20.4. The lowest BCUT2D eigenvalue weighted by molar-refractivity contribution is -0.143. The number of hydrogen-bond donors (Lipinski definition) is 27. The number of carboxylic acid groups (broad SMARTS) is 4. The molecule has 0 unspecified atom stereocenters. The molecular formula is C71H106N14O30S. The van der Waals surface area contributed by atoms with Gasteiger partial charge in [-0.1, -0.05) is 58.2 Å². The highest BCUT2D eigenvalue weighted by molar-refractivity contribution is 7.80. The number of fused-ring (bicyclic) bond motifs is 1. The standard InChI is InChI=1S/C71H106N14O30S/c1-71(2,3)51(92)30-85-46-15-8-7-14-45(46)84(36-12-5-4-6-13-36)29-43(68(85)112)83-70(115)76-35-11-9-10-34(24-35)61(105)77-40(18-22-54(95)96)65(109)79-39(17-21-53(94)74-28-48(89)58(102)60(104)50(91)32-87)64(108)80-41(19-23-55(97)98)66(110)78-38(16-20-52(93)73-27-47(88)57(101)59(103)49(90)31-86)63(107)75-26-37(72)62(106)81-42(25-56(99)100)67(111)82-44(33-116)69(113)114/h7-11,14-15,24,36-44,47-50,57-60,86-91,101-104,116H,4-6,12-13,16-23,25-33,72H2,1-3H3,(H,73,93)(H,74,94)(H,75,107)(H,77,105)(H,78,110)(H,79,109)(H,80,108)(H,81,106)(H,82,111)(H,95,96)(H,97,98)(H,99,100)(H,113,114)(H2,76,83,115)/t37-,38+,39+,40+,41+,42-,43+,44-,47+,48+,49+,50+,57-,58-,59-,60-/m0/s1. The lowest BCUT2D eigenvalue weighted by Gasteiger charge is -2.37. The summed E-state index contributed by atoms with van der Waals surface area (Å²) in [4.78, 5) is 218. The van der Waals surface area contributed by atoms with Crippen molar-refractivity contribution in [1.29, 1.82) is 0 Å². The number of ketones is 1. The van der Waals surface area contributed by atoms with Gasteiger partial charge in [0.25, 0.3) is 11.8 Å². The number of amides is 12. The number of carbonyl (C=O) groups is 16. The summed E-state index contributed by atoms with van der Waals surface area (Å²) >= 11 is 3.81. The normalized spacial score (nSPS) is 17.6. The Kier molecular flexibility index (Phi) is 40.3. The molecule has 1 aliphatic carbocycles. The molecule has 44 nitrogen and oxygen atoms in total. The number of aliphatic hydroxyl groups excluding tert-OH is 10. The van der Waals surface area contributed by atoms with Crippen LogP contribution >= 0.6 is 12.6 Å². The lowest BCUT2D eigenvalue weighted by Crippen LogP contribution is -2.59. The molecule has 2 aliphatic rings. The Morgan fingerprint density at radius 3 is 1.43 bits per heavy atom. The van der Waals surface area contributed by atoms with Crippen molar-refractivity contribution in [2.24, 2.45) is 11.1 Å². The summed E-state index contributed by atoms with van der Waals surface area (Å²) in [7, 11) is 0. The maximum Gasteiger partial charge on any atom is 0.327 e. The molecule has 116 heavy (non-hydrogen) atoms. The van der Waals surface area contributed by atoms with Crippen molar-refractivity contribution < 1.29 is 148 Å². The van der Waals surface area contributed by atoms with Gasteiger partial charge in [-0.25, -0.2) is 9.59 Å². The highest BCUT2D eigenvalue weighted by Gasteiger charge is 2.41. The topological polar surface area (TPSA) is 721 Å². The first kappa shape index (κ1) is 98.0. The van der Waals surface area contributed by atoms with Crippen molar-refractivity contribution in [2.45, 2.75) is 214 Å². The molecule has 0 saturated heterocycles. The Morgan fingerprint density at radius 2 is 0.966 bits per heavy atom. The van der Waals surface area contributed by atoms with Crippen molar-refractivity contribution in [3.63, 3.8) is 0 Å². The molecule has 45 heteroatoms. The van der Waals surface area contributed by atoms with Gasteiger partial charge in [-0.3, -0.25) is 67.1 Å². The predicted molar refractivity (Wildman–Crippen MR) is 406 cm³/mol. The highest BCUT2D eigenvalue weighted by Crippen LogP contribution is 2.38. The van der Waals surface area contributed by atoms with Gasteiger partial charge >= 0.3 is 29.9 Å². The maximum absolute atomic E-state index is 14.7. The Balaban J connectivity index is 1.70. The fraction of sp³-hybridized carbons (Fsp3) is 0.606. The number of nitrogens with two attached hydrogens (primary N) is 1. The number of nitrogens with zero attached hydrogens (tertiary/aromatic N) is 2. The third-order valence-corrected chi connectivity index (χ3v) is 19.1. The predicted octanol–water partition coefficient (Wildman–Crippen LogP) is -8.17. The smallest absolute Gasteiger partial charge is 0.327 e. The average Bonchev–Trinajstić information content (AvgIpc) is 1.62. The van der Waals surface area contributed by atoms with E-state index in [0.717, 1.165) is 38.2 Å². The van der Waals surface area contributed by atoms with Crippen LogP contribution < -0.4 is 74.0 Å². The minimum Gasteiger partial charge on any atom is -0.481 e. The molecule has 0 spiro atoms. The number of rotatable bonds is 48. The molecule has 12 amide bonds. The van der Waals surface area contributed by atoms with E-state index in [9.17, 15) is 143 Å². The van der Waals surface area contributed by atoms with Gasteiger partial charge in [0.1, 0.15) is 85.0 Å². The highest BCUT2D eigenvalue weighted by atomic mass is 32.1. The molecule has 2 aromatic rings. The van der Waals surface area contributed by atoms with Crippen molar-refractivity contribution in [2.75, 3.05) is 66.8 Å². The molecule has 0 radical (unpaired) electrons. The van der Waals surface area contributed by atoms with Crippen LogP contribution in [0.4, 0.5) is 21.9 Å². The van der Waals surface area contributed by atoms with Crippen LogP contribution in [0.1, 0.15) is 121 Å². The summed E-state index contributed by atoms with van der Waals surface area (Å²) in [6, 6.07) is -4.01. The molecule has 0 bridgehead atoms. The molecule has 1 heterocycles. The second kappa shape index (κ2) is 47.6. The van der Waals surface area contributed by atoms with E-state index < -0.39 is 288 Å². The number of benzene rings is 2. The van der Waals surface area contributed by atoms with Gasteiger partial charge < -0.3 is 146 Å². The van der Waals surface area contributed by atoms with Gasteiger partial charge in [0, 0.05) is 80.3 Å². The van der Waals surface area contributed by atoms with Gasteiger partial charge in [-0.2, -0.15) is 12.6 Å². The largest absolute Gasteiger partial charge is 0.481 e. The Morgan fingerprint density at radius 1 is 0.517 bits per heavy atom. The maximum atomic E-state index is 14.7. The van der Waals surface area contributed by atoms with E-state index in [2.05, 4.69) is 65.4 Å². The molecule has 16 atom stereocenters. The number of carbonyl (C=O) groups excluding carboxylic acids is 12. The van der Waals surface area contributed by atoms with E-state index in [1.54, 1.807) is 39.0 Å². The van der Waals surface area contributed by atoms with Crippen LogP contribution in [0.25, 0.3) is 0 Å². The van der Waals surface area contributed by atoms with Gasteiger partial charge in [-0.15, -0.1) is 0 Å². The van der Waals surface area contributed by atoms with Crippen molar-refractivity contribution in [3.8, 4) is 0 Å². The van der Waals surface area contributed by atoms with E-state index in [1.165, 1.54) is 23.1 Å². The first-order chi connectivity index (χ1) is 54.5. The lowest BCUT2D eigenvalue weighted by atomic mass is 9.90. The molecule has 2 aromatic carbocycles. The van der Waals surface area contributed by atoms with Crippen LogP contribution in [-0.2, 0) is 67.1 Å². The number of urea groups is 1. The van der Waals surface area contributed by atoms with Crippen LogP contribution in [0.5, 0.6) is 0 Å². The summed E-state index contributed by atoms with van der Waals surface area (Å²) in [6.45, 7) is -0.0961. The Hall–Kier alpha value is -10.3. The minimum absolute atomic E-state index is 0.00499. The molecule has 27 N–H and O–H groups in total. The number of anilines is 3. The number of aliphatic carboxylic acids is 4. The number of carboxylic acids is 4. The summed E-state index contributed by atoms with van der Waals surface area (Å²) < 4.78 is 0. The van der Waals surface area contributed by atoms with Gasteiger partial charge in [0.15, 0.2) is 5.78 Å². The third kappa shape index (κ3) is 31.7. The van der Waals surface area contributed by atoms with Crippen LogP contribution in [0.2, 0.25) is 0 Å². The number of para-hydroxylation sites is 2. The summed E-state index contributed by atoms with van der Waals surface area (Å²) in [5, 5.41) is 163. The molecule has 1 aliphatic heterocycles. The quantitative estimate of drug-likeness (QED) is 0.0274. The number of hydrogen-bond acceptors (Lipinski definition) is 29. The molecular weight excluding hydrogens is 1560 g/mol. The van der Waals surface area contributed by atoms with Crippen LogP contribution in [0.3, 0.4) is 0 Å². The monoisotopic (exact) mass is 1670 g/mol. The van der Waals surface area contributed by atoms with Crippen LogP contribution in [-0.4, -0.2) is 321 Å². The van der Waals surface area contributed by atoms with Crippen molar-refractivity contribution >= 4 is 124 Å². The van der Waals surface area contributed by atoms with Crippen LogP contribution in [0.15, 0.2) is 48.5 Å². The second-order valence-corrected chi connectivity index (χ2v) is 29.1. The molecule has 1 fully saturated rings. The number of aliphatic hydroxyl groups is 10. The van der Waals surface area contributed by atoms with E-state index in [0.29, 0.717) is 11.4 Å². The molecule has 0 aromatic heterocycles. The van der Waals surface area contributed by atoms with Crippen LogP contribution in [0, 0.1) is 5.41 Å². The molecule has 646 valence electrons. The number of Topliss-reactive ketones (excluding diaryl/α,β-unsaturated/α-hetero) is 1. The molecule has 4 rings (SSSR count). The minimum atomic E-state index is -2.20. The van der Waals surface area contributed by atoms with E-state index in [1.807, 2.05) is 16.7 Å². The van der Waals surface area contributed by atoms with Crippen molar-refractivity contribution in [1.82, 2.24) is 53.2 Å². The Labute approximate surface area is 669 Å². The van der Waals surface area contributed by atoms with Gasteiger partial charge in [0.05, 0.1) is 49.8 Å². The first-order valence-corrected chi connectivity index (χ1v) is 37.6. The number of thiol groups is 1. The van der Waals surface area contributed by atoms with E-state index in [-0.39, 0.29) is 36.2 Å².